The summed E-state index contributed by atoms with van der Waals surface area (Å²) >= 11 is 0. The summed E-state index contributed by atoms with van der Waals surface area (Å²) in [6, 6.07) is 1.55. The highest BCUT2D eigenvalue weighted by molar-refractivity contribution is 7.92. The summed E-state index contributed by atoms with van der Waals surface area (Å²) in [6.45, 7) is 5.02. The fourth-order valence-corrected chi connectivity index (χ4v) is 2.07. The highest BCUT2D eigenvalue weighted by Gasteiger charge is 2.19. The molecule has 0 aliphatic rings. The third-order valence-electron chi connectivity index (χ3n) is 2.04. The first kappa shape index (κ1) is 11.0. The molecule has 14 heavy (non-hydrogen) atoms. The van der Waals surface area contributed by atoms with Crippen molar-refractivity contribution >= 4 is 15.7 Å². The van der Waals surface area contributed by atoms with Crippen LogP contribution in [0.1, 0.15) is 19.4 Å². The molecule has 4 nitrogen and oxygen atoms in total. The number of hydrogen-bond acceptors (Lipinski definition) is 4. The van der Waals surface area contributed by atoms with Gasteiger partial charge in [-0.05, 0) is 32.4 Å². The minimum atomic E-state index is -3.23. The molecule has 0 atom stereocenters. The van der Waals surface area contributed by atoms with Crippen molar-refractivity contribution in [3.8, 4) is 0 Å². The standard InChI is InChI=1S/C9H14N2O2S/c1-6(2)14(12,13)8-4-7(3)9(10)11-5-8/h4-6H,1-3H3,(H2,10,11). The van der Waals surface area contributed by atoms with Crippen LogP contribution in [0.25, 0.3) is 0 Å². The summed E-state index contributed by atoms with van der Waals surface area (Å²) in [6.07, 6.45) is 1.30. The van der Waals surface area contributed by atoms with E-state index >= 15 is 0 Å². The summed E-state index contributed by atoms with van der Waals surface area (Å²) < 4.78 is 23.4. The van der Waals surface area contributed by atoms with Crippen molar-refractivity contribution in [2.24, 2.45) is 0 Å². The molecule has 2 N–H and O–H groups in total. The Balaban J connectivity index is 3.29. The topological polar surface area (TPSA) is 73.0 Å². The normalized spacial score (nSPS) is 12.0. The molecule has 0 aliphatic heterocycles. The van der Waals surface area contributed by atoms with E-state index in [0.29, 0.717) is 11.4 Å². The molecule has 0 aromatic carbocycles. The molecule has 0 radical (unpaired) electrons. The zero-order valence-corrected chi connectivity index (χ0v) is 9.30. The van der Waals surface area contributed by atoms with Crippen LogP contribution in [-0.2, 0) is 9.84 Å². The van der Waals surface area contributed by atoms with Gasteiger partial charge in [-0.3, -0.25) is 0 Å². The molecule has 5 heteroatoms. The molecule has 1 rings (SSSR count). The smallest absolute Gasteiger partial charge is 0.182 e. The molecule has 0 unspecified atom stereocenters. The predicted molar refractivity (Wildman–Crippen MR) is 55.7 cm³/mol. The quantitative estimate of drug-likeness (QED) is 0.801. The Bertz CT molecular complexity index is 438. The van der Waals surface area contributed by atoms with E-state index in [1.165, 1.54) is 6.20 Å². The highest BCUT2D eigenvalue weighted by Crippen LogP contribution is 2.18. The maximum atomic E-state index is 11.7. The first-order valence-electron chi connectivity index (χ1n) is 4.31. The molecule has 0 aliphatic carbocycles. The largest absolute Gasteiger partial charge is 0.383 e. The molecular formula is C9H14N2O2S. The highest BCUT2D eigenvalue weighted by atomic mass is 32.2. The van der Waals surface area contributed by atoms with Gasteiger partial charge in [-0.15, -0.1) is 0 Å². The molecular weight excluding hydrogens is 200 g/mol. The second-order valence-corrected chi connectivity index (χ2v) is 5.97. The number of aromatic nitrogens is 1. The fraction of sp³-hybridized carbons (Fsp3) is 0.444. The first-order valence-corrected chi connectivity index (χ1v) is 5.86. The summed E-state index contributed by atoms with van der Waals surface area (Å²) in [5, 5.41) is -0.438. The van der Waals surface area contributed by atoms with E-state index in [1.54, 1.807) is 26.8 Å². The Labute approximate surface area is 84.1 Å². The molecule has 0 bridgehead atoms. The van der Waals surface area contributed by atoms with Crippen molar-refractivity contribution in [1.82, 2.24) is 4.98 Å². The van der Waals surface area contributed by atoms with Gasteiger partial charge < -0.3 is 5.73 Å². The van der Waals surface area contributed by atoms with Crippen molar-refractivity contribution in [2.75, 3.05) is 5.73 Å². The third kappa shape index (κ3) is 1.87. The maximum absolute atomic E-state index is 11.7. The Morgan fingerprint density at radius 2 is 2.00 bits per heavy atom. The minimum Gasteiger partial charge on any atom is -0.383 e. The minimum absolute atomic E-state index is 0.235. The fourth-order valence-electron chi connectivity index (χ4n) is 0.987. The Morgan fingerprint density at radius 3 is 2.43 bits per heavy atom. The number of aryl methyl sites for hydroxylation is 1. The molecule has 1 heterocycles. The van der Waals surface area contributed by atoms with Gasteiger partial charge in [-0.2, -0.15) is 0 Å². The van der Waals surface area contributed by atoms with Gasteiger partial charge in [0.2, 0.25) is 0 Å². The van der Waals surface area contributed by atoms with Crippen LogP contribution < -0.4 is 5.73 Å². The molecule has 0 spiro atoms. The van der Waals surface area contributed by atoms with Crippen LogP contribution in [0, 0.1) is 6.92 Å². The average molecular weight is 214 g/mol. The monoisotopic (exact) mass is 214 g/mol. The van der Waals surface area contributed by atoms with Crippen molar-refractivity contribution < 1.29 is 8.42 Å². The maximum Gasteiger partial charge on any atom is 0.182 e. The van der Waals surface area contributed by atoms with E-state index in [-0.39, 0.29) is 4.90 Å². The van der Waals surface area contributed by atoms with Crippen LogP contribution in [0.2, 0.25) is 0 Å². The lowest BCUT2D eigenvalue weighted by molar-refractivity contribution is 0.587. The predicted octanol–water partition coefficient (Wildman–Crippen LogP) is 1.15. The van der Waals surface area contributed by atoms with Gasteiger partial charge in [0.25, 0.3) is 0 Å². The van der Waals surface area contributed by atoms with E-state index in [9.17, 15) is 8.42 Å². The van der Waals surface area contributed by atoms with Gasteiger partial charge in [0.1, 0.15) is 5.82 Å². The van der Waals surface area contributed by atoms with Gasteiger partial charge in [-0.1, -0.05) is 0 Å². The first-order chi connectivity index (χ1) is 6.35. The average Bonchev–Trinajstić information content (AvgIpc) is 2.09. The number of hydrogen-bond donors (Lipinski definition) is 1. The lowest BCUT2D eigenvalue weighted by Gasteiger charge is -2.08. The molecule has 0 saturated carbocycles. The Morgan fingerprint density at radius 1 is 1.43 bits per heavy atom. The molecule has 1 aromatic rings. The lowest BCUT2D eigenvalue weighted by atomic mass is 10.3. The van der Waals surface area contributed by atoms with Crippen LogP contribution in [0.3, 0.4) is 0 Å². The second-order valence-electron chi connectivity index (χ2n) is 3.47. The van der Waals surface area contributed by atoms with Crippen molar-refractivity contribution in [3.63, 3.8) is 0 Å². The van der Waals surface area contributed by atoms with Gasteiger partial charge in [0, 0.05) is 6.20 Å². The van der Waals surface area contributed by atoms with E-state index in [2.05, 4.69) is 4.98 Å². The summed E-state index contributed by atoms with van der Waals surface area (Å²) in [5.74, 6) is 0.368. The number of pyridine rings is 1. The number of sulfone groups is 1. The van der Waals surface area contributed by atoms with Gasteiger partial charge >= 0.3 is 0 Å². The Kier molecular flexibility index (Phi) is 2.80. The summed E-state index contributed by atoms with van der Waals surface area (Å²) in [7, 11) is -3.23. The zero-order chi connectivity index (χ0) is 10.9. The molecule has 0 fully saturated rings. The molecule has 1 aromatic heterocycles. The van der Waals surface area contributed by atoms with Crippen LogP contribution in [0.4, 0.5) is 5.82 Å². The SMILES string of the molecule is Cc1cc(S(=O)(=O)C(C)C)cnc1N. The lowest BCUT2D eigenvalue weighted by Crippen LogP contribution is -2.14. The third-order valence-corrected chi connectivity index (χ3v) is 4.16. The molecule has 0 amide bonds. The Hall–Kier alpha value is -1.10. The zero-order valence-electron chi connectivity index (χ0n) is 8.48. The second kappa shape index (κ2) is 3.57. The van der Waals surface area contributed by atoms with Gasteiger partial charge in [0.05, 0.1) is 10.1 Å². The van der Waals surface area contributed by atoms with Crippen molar-refractivity contribution in [1.29, 1.82) is 0 Å². The van der Waals surface area contributed by atoms with E-state index in [4.69, 9.17) is 5.73 Å². The molecule has 0 saturated heterocycles. The van der Waals surface area contributed by atoms with Crippen LogP contribution in [0.15, 0.2) is 17.2 Å². The number of nitrogens with two attached hydrogens (primary N) is 1. The number of nitrogens with zero attached hydrogens (tertiary/aromatic N) is 1. The van der Waals surface area contributed by atoms with Gasteiger partial charge in [0.15, 0.2) is 9.84 Å². The van der Waals surface area contributed by atoms with Crippen LogP contribution in [-0.4, -0.2) is 18.7 Å². The number of anilines is 1. The summed E-state index contributed by atoms with van der Waals surface area (Å²) in [5.41, 5.74) is 6.19. The van der Waals surface area contributed by atoms with Crippen molar-refractivity contribution in [3.05, 3.63) is 17.8 Å². The van der Waals surface area contributed by atoms with E-state index < -0.39 is 15.1 Å². The van der Waals surface area contributed by atoms with Crippen LogP contribution >= 0.6 is 0 Å². The number of rotatable bonds is 2. The van der Waals surface area contributed by atoms with Crippen LogP contribution in [0.5, 0.6) is 0 Å². The molecule has 78 valence electrons. The number of nitrogen functional groups attached to an aromatic ring is 1. The summed E-state index contributed by atoms with van der Waals surface area (Å²) in [4.78, 5) is 4.06. The van der Waals surface area contributed by atoms with E-state index in [1.807, 2.05) is 0 Å². The van der Waals surface area contributed by atoms with Crippen molar-refractivity contribution in [2.45, 2.75) is 30.9 Å². The van der Waals surface area contributed by atoms with E-state index in [0.717, 1.165) is 0 Å². The van der Waals surface area contributed by atoms with Gasteiger partial charge in [-0.25, -0.2) is 13.4 Å².